The summed E-state index contributed by atoms with van der Waals surface area (Å²) in [5.41, 5.74) is -0.331. The number of thiazole rings is 1. The van der Waals surface area contributed by atoms with Crippen molar-refractivity contribution in [1.82, 2.24) is 4.98 Å². The molecule has 0 fully saturated rings. The average molecular weight is 324 g/mol. The van der Waals surface area contributed by atoms with Gasteiger partial charge in [-0.1, -0.05) is 0 Å². The molecule has 8 heteroatoms. The van der Waals surface area contributed by atoms with E-state index < -0.39 is 18.0 Å². The minimum absolute atomic E-state index is 0.0142. The fourth-order valence-corrected chi connectivity index (χ4v) is 2.45. The molecule has 0 aliphatic heterocycles. The van der Waals surface area contributed by atoms with E-state index in [0.717, 1.165) is 0 Å². The molecule has 1 aromatic heterocycles. The fourth-order valence-electron chi connectivity index (χ4n) is 1.54. The highest BCUT2D eigenvalue weighted by atomic mass is 32.1. The van der Waals surface area contributed by atoms with Crippen LogP contribution in [0.3, 0.4) is 0 Å². The van der Waals surface area contributed by atoms with Crippen LogP contribution in [0.2, 0.25) is 0 Å². The second-order valence-electron chi connectivity index (χ2n) is 5.03. The number of nitrogens with zero attached hydrogens (tertiary/aromatic N) is 1. The van der Waals surface area contributed by atoms with Gasteiger partial charge >= 0.3 is 12.1 Å². The zero-order chi connectivity index (χ0) is 16.1. The molecule has 0 aliphatic carbocycles. The lowest BCUT2D eigenvalue weighted by Crippen LogP contribution is -2.31. The highest BCUT2D eigenvalue weighted by Gasteiger charge is 2.34. The highest BCUT2D eigenvalue weighted by Crippen LogP contribution is 2.28. The summed E-state index contributed by atoms with van der Waals surface area (Å²) in [7, 11) is 0. The van der Waals surface area contributed by atoms with Crippen LogP contribution in [0.15, 0.2) is 5.38 Å². The van der Waals surface area contributed by atoms with Crippen molar-refractivity contribution in [2.45, 2.75) is 45.2 Å². The molecular weight excluding hydrogens is 305 g/mol. The number of aromatic nitrogens is 1. The van der Waals surface area contributed by atoms with Crippen molar-refractivity contribution < 1.29 is 22.7 Å². The smallest absolute Gasteiger partial charge is 0.389 e. The van der Waals surface area contributed by atoms with E-state index in [1.807, 2.05) is 0 Å². The maximum absolute atomic E-state index is 12.0. The lowest BCUT2D eigenvalue weighted by atomic mass is 9.90. The quantitative estimate of drug-likeness (QED) is 0.613. The highest BCUT2D eigenvalue weighted by molar-refractivity contribution is 7.13. The first-order valence-electron chi connectivity index (χ1n) is 6.60. The molecule has 0 aromatic carbocycles. The number of esters is 1. The Hall–Kier alpha value is -1.31. The summed E-state index contributed by atoms with van der Waals surface area (Å²) < 4.78 is 41.0. The summed E-state index contributed by atoms with van der Waals surface area (Å²) in [4.78, 5) is 16.1. The van der Waals surface area contributed by atoms with Gasteiger partial charge in [0.2, 0.25) is 0 Å². The molecule has 0 saturated heterocycles. The second kappa shape index (κ2) is 7.11. The van der Waals surface area contributed by atoms with Crippen molar-refractivity contribution in [3.05, 3.63) is 11.1 Å². The van der Waals surface area contributed by atoms with Crippen LogP contribution in [-0.4, -0.2) is 30.3 Å². The molecule has 1 heterocycles. The van der Waals surface area contributed by atoms with Gasteiger partial charge in [0.1, 0.15) is 5.41 Å². The Morgan fingerprint density at radius 3 is 2.67 bits per heavy atom. The Balaban J connectivity index is 2.55. The van der Waals surface area contributed by atoms with Gasteiger partial charge in [0.05, 0.1) is 12.3 Å². The molecule has 0 atom stereocenters. The van der Waals surface area contributed by atoms with E-state index >= 15 is 0 Å². The summed E-state index contributed by atoms with van der Waals surface area (Å²) in [5, 5.41) is 5.05. The topological polar surface area (TPSA) is 51.2 Å². The molecular formula is C13H19F3N2O2S. The fraction of sp³-hybridized carbons (Fsp3) is 0.692. The van der Waals surface area contributed by atoms with Crippen LogP contribution in [0.5, 0.6) is 0 Å². The van der Waals surface area contributed by atoms with Crippen molar-refractivity contribution in [2.75, 3.05) is 18.5 Å². The van der Waals surface area contributed by atoms with Gasteiger partial charge < -0.3 is 10.1 Å². The molecule has 0 radical (unpaired) electrons. The summed E-state index contributed by atoms with van der Waals surface area (Å²) in [5.74, 6) is -0.376. The van der Waals surface area contributed by atoms with Crippen LogP contribution in [-0.2, 0) is 14.9 Å². The lowest BCUT2D eigenvalue weighted by Gasteiger charge is -2.19. The Morgan fingerprint density at radius 1 is 1.43 bits per heavy atom. The first-order chi connectivity index (χ1) is 9.66. The number of hydrogen-bond acceptors (Lipinski definition) is 5. The van der Waals surface area contributed by atoms with Crippen LogP contribution in [0.25, 0.3) is 0 Å². The third-order valence-electron chi connectivity index (χ3n) is 2.84. The molecule has 1 rings (SSSR count). The first-order valence-corrected chi connectivity index (χ1v) is 7.48. The maximum atomic E-state index is 12.0. The molecule has 120 valence electrons. The van der Waals surface area contributed by atoms with E-state index in [1.54, 1.807) is 26.2 Å². The largest absolute Gasteiger partial charge is 0.465 e. The van der Waals surface area contributed by atoms with Gasteiger partial charge in [-0.15, -0.1) is 11.3 Å². The van der Waals surface area contributed by atoms with E-state index in [-0.39, 0.29) is 25.5 Å². The number of hydrogen-bond donors (Lipinski definition) is 1. The van der Waals surface area contributed by atoms with Crippen LogP contribution in [0.4, 0.5) is 18.3 Å². The minimum atomic E-state index is -4.14. The monoisotopic (exact) mass is 324 g/mol. The third-order valence-corrected chi connectivity index (χ3v) is 3.64. The second-order valence-corrected chi connectivity index (χ2v) is 5.89. The standard InChI is InChI=1S/C13H19F3N2O2S/c1-4-20-10(19)12(2,3)9-8-21-11(18-9)17-7-5-6-13(14,15)16/h8H,4-7H2,1-3H3,(H,17,18). The van der Waals surface area contributed by atoms with Crippen LogP contribution >= 0.6 is 11.3 Å². The summed E-state index contributed by atoms with van der Waals surface area (Å²) in [6.45, 7) is 5.60. The molecule has 0 saturated carbocycles. The van der Waals surface area contributed by atoms with Gasteiger partial charge in [-0.05, 0) is 27.2 Å². The first kappa shape index (κ1) is 17.7. The predicted octanol–water partition coefficient (Wildman–Crippen LogP) is 3.74. The number of halogens is 3. The van der Waals surface area contributed by atoms with Crippen LogP contribution < -0.4 is 5.32 Å². The molecule has 1 aromatic rings. The average Bonchev–Trinajstić information content (AvgIpc) is 2.83. The van der Waals surface area contributed by atoms with Gasteiger partial charge in [0, 0.05) is 18.3 Å². The molecule has 21 heavy (non-hydrogen) atoms. The van der Waals surface area contributed by atoms with Gasteiger partial charge in [-0.3, -0.25) is 4.79 Å². The zero-order valence-electron chi connectivity index (χ0n) is 12.2. The van der Waals surface area contributed by atoms with Crippen molar-refractivity contribution in [3.63, 3.8) is 0 Å². The summed E-state index contributed by atoms with van der Waals surface area (Å²) in [6.07, 6.45) is -4.98. The molecule has 0 bridgehead atoms. The number of carbonyl (C=O) groups excluding carboxylic acids is 1. The SMILES string of the molecule is CCOC(=O)C(C)(C)c1csc(NCCCC(F)(F)F)n1. The van der Waals surface area contributed by atoms with Gasteiger partial charge in [0.15, 0.2) is 5.13 Å². The van der Waals surface area contributed by atoms with Crippen molar-refractivity contribution in [2.24, 2.45) is 0 Å². The molecule has 0 aliphatic rings. The van der Waals surface area contributed by atoms with E-state index in [4.69, 9.17) is 4.74 Å². The summed E-state index contributed by atoms with van der Waals surface area (Å²) >= 11 is 1.26. The Labute approximate surface area is 125 Å². The van der Waals surface area contributed by atoms with Crippen LogP contribution in [0, 0.1) is 0 Å². The van der Waals surface area contributed by atoms with Gasteiger partial charge in [-0.2, -0.15) is 13.2 Å². The van der Waals surface area contributed by atoms with Gasteiger partial charge in [0.25, 0.3) is 0 Å². The lowest BCUT2D eigenvalue weighted by molar-refractivity contribution is -0.149. The van der Waals surface area contributed by atoms with Crippen molar-refractivity contribution in [3.8, 4) is 0 Å². The molecule has 4 nitrogen and oxygen atoms in total. The minimum Gasteiger partial charge on any atom is -0.465 e. The molecule has 0 spiro atoms. The van der Waals surface area contributed by atoms with E-state index in [1.165, 1.54) is 11.3 Å². The normalized spacial score (nSPS) is 12.3. The van der Waals surface area contributed by atoms with E-state index in [9.17, 15) is 18.0 Å². The number of carbonyl (C=O) groups is 1. The summed E-state index contributed by atoms with van der Waals surface area (Å²) in [6, 6.07) is 0. The number of nitrogens with one attached hydrogen (secondary N) is 1. The molecule has 0 unspecified atom stereocenters. The zero-order valence-corrected chi connectivity index (χ0v) is 13.0. The molecule has 1 N–H and O–H groups in total. The molecule has 0 amide bonds. The van der Waals surface area contributed by atoms with Crippen LogP contribution in [0.1, 0.15) is 39.3 Å². The van der Waals surface area contributed by atoms with E-state index in [0.29, 0.717) is 10.8 Å². The van der Waals surface area contributed by atoms with E-state index in [2.05, 4.69) is 10.3 Å². The Morgan fingerprint density at radius 2 is 2.10 bits per heavy atom. The Bertz CT molecular complexity index is 472. The van der Waals surface area contributed by atoms with Crippen molar-refractivity contribution >= 4 is 22.4 Å². The number of rotatable bonds is 7. The Kier molecular flexibility index (Phi) is 6.00. The number of anilines is 1. The number of ether oxygens (including phenoxy) is 1. The third kappa shape index (κ3) is 5.53. The van der Waals surface area contributed by atoms with Crippen molar-refractivity contribution in [1.29, 1.82) is 0 Å². The maximum Gasteiger partial charge on any atom is 0.389 e. The predicted molar refractivity (Wildman–Crippen MR) is 75.6 cm³/mol. The number of alkyl halides is 3. The van der Waals surface area contributed by atoms with Gasteiger partial charge in [-0.25, -0.2) is 4.98 Å².